The van der Waals surface area contributed by atoms with Gasteiger partial charge >= 0.3 is 0 Å². The monoisotopic (exact) mass is 238 g/mol. The second-order valence-electron chi connectivity index (χ2n) is 5.19. The van der Waals surface area contributed by atoms with E-state index in [2.05, 4.69) is 37.1 Å². The van der Waals surface area contributed by atoms with Crippen LogP contribution in [0.3, 0.4) is 0 Å². The topological polar surface area (TPSA) is 15.3 Å². The Kier molecular flexibility index (Phi) is 3.02. The minimum absolute atomic E-state index is 0.279. The summed E-state index contributed by atoms with van der Waals surface area (Å²) in [5.74, 6) is 0. The van der Waals surface area contributed by atoms with Gasteiger partial charge in [-0.2, -0.15) is 0 Å². The van der Waals surface area contributed by atoms with E-state index in [4.69, 9.17) is 11.6 Å². The van der Waals surface area contributed by atoms with Crippen molar-refractivity contribution < 1.29 is 0 Å². The number of hydrogen-bond acceptors (Lipinski definition) is 2. The lowest BCUT2D eigenvalue weighted by Gasteiger charge is -2.30. The van der Waals surface area contributed by atoms with E-state index in [9.17, 15) is 0 Å². The molecule has 0 aliphatic carbocycles. The van der Waals surface area contributed by atoms with Gasteiger partial charge in [-0.15, -0.1) is 0 Å². The highest BCUT2D eigenvalue weighted by Gasteiger charge is 2.26. The Morgan fingerprint density at radius 1 is 1.44 bits per heavy atom. The minimum Gasteiger partial charge on any atom is -0.383 e. The molecular weight excluding hydrogens is 220 g/mol. The molecule has 0 radical (unpaired) electrons. The summed E-state index contributed by atoms with van der Waals surface area (Å²) >= 11 is 6.03. The molecule has 16 heavy (non-hydrogen) atoms. The standard InChI is InChI=1S/C13H19ClN2/c1-4-16-9-13(2,3)8-15-11-7-10(14)5-6-12(11)16/h5-7,15H,4,8-9H2,1-3H3. The Bertz CT molecular complexity index is 388. The molecule has 1 aromatic carbocycles. The van der Waals surface area contributed by atoms with Gasteiger partial charge in [0.25, 0.3) is 0 Å². The number of halogens is 1. The predicted octanol–water partition coefficient (Wildman–Crippen LogP) is 3.62. The number of nitrogens with one attached hydrogen (secondary N) is 1. The highest BCUT2D eigenvalue weighted by atomic mass is 35.5. The van der Waals surface area contributed by atoms with E-state index in [1.54, 1.807) is 0 Å². The van der Waals surface area contributed by atoms with Crippen LogP contribution in [0.5, 0.6) is 0 Å². The van der Waals surface area contributed by atoms with Crippen LogP contribution in [0.2, 0.25) is 5.02 Å². The van der Waals surface area contributed by atoms with Crippen molar-refractivity contribution in [3.63, 3.8) is 0 Å². The Balaban J connectivity index is 2.40. The summed E-state index contributed by atoms with van der Waals surface area (Å²) < 4.78 is 0. The van der Waals surface area contributed by atoms with Gasteiger partial charge in [0.1, 0.15) is 0 Å². The van der Waals surface area contributed by atoms with Gasteiger partial charge in [0.2, 0.25) is 0 Å². The molecule has 88 valence electrons. The summed E-state index contributed by atoms with van der Waals surface area (Å²) in [6.07, 6.45) is 0. The van der Waals surface area contributed by atoms with Crippen LogP contribution in [0.1, 0.15) is 20.8 Å². The molecule has 0 amide bonds. The molecule has 0 saturated carbocycles. The Hall–Kier alpha value is -0.890. The van der Waals surface area contributed by atoms with Crippen LogP contribution in [0, 0.1) is 5.41 Å². The van der Waals surface area contributed by atoms with Gasteiger partial charge in [0.15, 0.2) is 0 Å². The third-order valence-corrected chi connectivity index (χ3v) is 3.29. The average Bonchev–Trinajstić information content (AvgIpc) is 2.35. The zero-order valence-electron chi connectivity index (χ0n) is 10.2. The summed E-state index contributed by atoms with van der Waals surface area (Å²) in [6, 6.07) is 6.08. The van der Waals surface area contributed by atoms with Crippen LogP contribution >= 0.6 is 11.6 Å². The average molecular weight is 239 g/mol. The molecule has 0 saturated heterocycles. The predicted molar refractivity (Wildman–Crippen MR) is 71.6 cm³/mol. The van der Waals surface area contributed by atoms with Crippen LogP contribution in [0.15, 0.2) is 18.2 Å². The lowest BCUT2D eigenvalue weighted by Crippen LogP contribution is -2.35. The first-order chi connectivity index (χ1) is 7.52. The Morgan fingerprint density at radius 2 is 2.19 bits per heavy atom. The molecule has 0 fully saturated rings. The van der Waals surface area contributed by atoms with Crippen molar-refractivity contribution in [1.29, 1.82) is 0 Å². The fourth-order valence-electron chi connectivity index (χ4n) is 2.20. The molecule has 2 rings (SSSR count). The molecule has 0 spiro atoms. The van der Waals surface area contributed by atoms with Gasteiger partial charge in [-0.1, -0.05) is 25.4 Å². The van der Waals surface area contributed by atoms with E-state index in [1.807, 2.05) is 12.1 Å². The molecule has 1 aromatic rings. The smallest absolute Gasteiger partial charge is 0.0603 e. The maximum absolute atomic E-state index is 6.03. The maximum atomic E-state index is 6.03. The van der Waals surface area contributed by atoms with E-state index in [-0.39, 0.29) is 5.41 Å². The van der Waals surface area contributed by atoms with Crippen molar-refractivity contribution in [2.45, 2.75) is 20.8 Å². The van der Waals surface area contributed by atoms with Gasteiger partial charge in [-0.3, -0.25) is 0 Å². The van der Waals surface area contributed by atoms with E-state index in [0.29, 0.717) is 0 Å². The van der Waals surface area contributed by atoms with Crippen LogP contribution in [-0.2, 0) is 0 Å². The van der Waals surface area contributed by atoms with E-state index in [1.165, 1.54) is 5.69 Å². The quantitative estimate of drug-likeness (QED) is 0.804. The molecule has 1 N–H and O–H groups in total. The molecule has 0 aromatic heterocycles. The van der Waals surface area contributed by atoms with Gasteiger partial charge in [-0.05, 0) is 30.5 Å². The van der Waals surface area contributed by atoms with Gasteiger partial charge < -0.3 is 10.2 Å². The van der Waals surface area contributed by atoms with E-state index < -0.39 is 0 Å². The first kappa shape index (κ1) is 11.6. The summed E-state index contributed by atoms with van der Waals surface area (Å²) in [7, 11) is 0. The van der Waals surface area contributed by atoms with Crippen LogP contribution in [0.4, 0.5) is 11.4 Å². The van der Waals surface area contributed by atoms with Crippen molar-refractivity contribution in [2.75, 3.05) is 29.9 Å². The number of hydrogen-bond donors (Lipinski definition) is 1. The molecular formula is C13H19ClN2. The first-order valence-electron chi connectivity index (χ1n) is 5.80. The molecule has 1 aliphatic heterocycles. The zero-order chi connectivity index (χ0) is 11.8. The molecule has 1 heterocycles. The fraction of sp³-hybridized carbons (Fsp3) is 0.538. The third-order valence-electron chi connectivity index (χ3n) is 3.06. The normalized spacial score (nSPS) is 18.6. The number of rotatable bonds is 1. The lowest BCUT2D eigenvalue weighted by molar-refractivity contribution is 0.397. The number of fused-ring (bicyclic) bond motifs is 1. The second kappa shape index (κ2) is 4.17. The summed E-state index contributed by atoms with van der Waals surface area (Å²) in [4.78, 5) is 2.41. The minimum atomic E-state index is 0.279. The first-order valence-corrected chi connectivity index (χ1v) is 6.18. The highest BCUT2D eigenvalue weighted by molar-refractivity contribution is 6.31. The number of benzene rings is 1. The summed E-state index contributed by atoms with van der Waals surface area (Å²) in [6.45, 7) is 9.85. The fourth-order valence-corrected chi connectivity index (χ4v) is 2.37. The zero-order valence-corrected chi connectivity index (χ0v) is 10.9. The molecule has 0 atom stereocenters. The van der Waals surface area contributed by atoms with Gasteiger partial charge in [0, 0.05) is 24.7 Å². The highest BCUT2D eigenvalue weighted by Crippen LogP contribution is 2.34. The van der Waals surface area contributed by atoms with Gasteiger partial charge in [-0.25, -0.2) is 0 Å². The molecule has 3 heteroatoms. The molecule has 0 unspecified atom stereocenters. The second-order valence-corrected chi connectivity index (χ2v) is 5.63. The number of anilines is 2. The lowest BCUT2D eigenvalue weighted by atomic mass is 9.93. The Morgan fingerprint density at radius 3 is 2.88 bits per heavy atom. The largest absolute Gasteiger partial charge is 0.383 e. The SMILES string of the molecule is CCN1CC(C)(C)CNc2cc(Cl)ccc21. The van der Waals surface area contributed by atoms with Crippen LogP contribution in [-0.4, -0.2) is 19.6 Å². The number of nitrogens with zero attached hydrogens (tertiary/aromatic N) is 1. The summed E-state index contributed by atoms with van der Waals surface area (Å²) in [5.41, 5.74) is 2.69. The Labute approximate surface area is 103 Å². The van der Waals surface area contributed by atoms with Crippen molar-refractivity contribution in [2.24, 2.45) is 5.41 Å². The van der Waals surface area contributed by atoms with Crippen molar-refractivity contribution >= 4 is 23.0 Å². The third kappa shape index (κ3) is 2.27. The van der Waals surface area contributed by atoms with Crippen molar-refractivity contribution in [3.8, 4) is 0 Å². The van der Waals surface area contributed by atoms with Gasteiger partial charge in [0.05, 0.1) is 11.4 Å². The van der Waals surface area contributed by atoms with Crippen LogP contribution < -0.4 is 10.2 Å². The van der Waals surface area contributed by atoms with Crippen molar-refractivity contribution in [1.82, 2.24) is 0 Å². The summed E-state index contributed by atoms with van der Waals surface area (Å²) in [5, 5.41) is 4.29. The van der Waals surface area contributed by atoms with E-state index in [0.717, 1.165) is 30.3 Å². The van der Waals surface area contributed by atoms with Crippen LogP contribution in [0.25, 0.3) is 0 Å². The molecule has 0 bridgehead atoms. The molecule has 1 aliphatic rings. The van der Waals surface area contributed by atoms with E-state index >= 15 is 0 Å². The maximum Gasteiger partial charge on any atom is 0.0603 e. The molecule has 2 nitrogen and oxygen atoms in total. The van der Waals surface area contributed by atoms with Crippen molar-refractivity contribution in [3.05, 3.63) is 23.2 Å².